The minimum Gasteiger partial charge on any atom is -0.197 e. The van der Waals surface area contributed by atoms with Crippen LogP contribution in [0.2, 0.25) is 0 Å². The van der Waals surface area contributed by atoms with E-state index < -0.39 is 0 Å². The molecule has 0 radical (unpaired) electrons. The van der Waals surface area contributed by atoms with Gasteiger partial charge in [-0.2, -0.15) is 13.5 Å². The molecule has 0 aromatic heterocycles. The Morgan fingerprint density at radius 2 is 1.20 bits per heavy atom. The van der Waals surface area contributed by atoms with Crippen LogP contribution in [-0.4, -0.2) is 0 Å². The van der Waals surface area contributed by atoms with Crippen molar-refractivity contribution < 1.29 is 27.7 Å². The third kappa shape index (κ3) is 34.5. The molecule has 0 heterocycles. The summed E-state index contributed by atoms with van der Waals surface area (Å²) >= 11 is 0. The smallest absolute Gasteiger partial charge is 0 e. The van der Waals surface area contributed by atoms with Crippen molar-refractivity contribution in [1.29, 1.82) is 0 Å². The molecule has 0 saturated heterocycles. The maximum absolute atomic E-state index is 2.12. The molecular weight excluding hydrogens is 269 g/mol. The number of rotatable bonds is 0. The molecule has 2 heteroatoms. The predicted molar refractivity (Wildman–Crippen MR) is 26.3 cm³/mol. The molecule has 0 fully saturated rings. The molecule has 0 spiro atoms. The van der Waals surface area contributed by atoms with Crippen LogP contribution in [0.1, 0.15) is 20.3 Å². The van der Waals surface area contributed by atoms with Crippen LogP contribution in [-0.2, 0) is 27.7 Å². The Morgan fingerprint density at radius 1 is 1.20 bits per heavy atom. The molecule has 0 bridgehead atoms. The van der Waals surface area contributed by atoms with Crippen molar-refractivity contribution in [2.24, 2.45) is 0 Å². The first-order valence-corrected chi connectivity index (χ1v) is 1.41. The fourth-order valence-electron chi connectivity index (χ4n) is 0. The molecule has 0 saturated carbocycles. The van der Waals surface area contributed by atoms with Crippen LogP contribution in [0.25, 0.3) is 0 Å². The summed E-state index contributed by atoms with van der Waals surface area (Å²) in [7, 11) is 0. The standard InChI is InChI=1S/C3H8.Hg.H2S/c1-3-2;;/h3H2,1-2H3;;1H2. The predicted octanol–water partition coefficient (Wildman–Crippen LogP) is 1.53. The molecule has 0 rings (SSSR count). The van der Waals surface area contributed by atoms with Crippen LogP contribution in [0.4, 0.5) is 0 Å². The van der Waals surface area contributed by atoms with E-state index in [2.05, 4.69) is 13.8 Å². The zero-order valence-corrected chi connectivity index (χ0v) is 10.4. The third-order valence-corrected chi connectivity index (χ3v) is 0. The van der Waals surface area contributed by atoms with Crippen LogP contribution in [0.15, 0.2) is 0 Å². The van der Waals surface area contributed by atoms with Crippen molar-refractivity contribution in [2.45, 2.75) is 20.3 Å². The van der Waals surface area contributed by atoms with Crippen LogP contribution >= 0.6 is 13.5 Å². The molecule has 5 heavy (non-hydrogen) atoms. The Labute approximate surface area is 61.3 Å². The molecule has 0 aliphatic rings. The average Bonchev–Trinajstić information content (AvgIpc) is 0.918. The van der Waals surface area contributed by atoms with E-state index >= 15 is 0 Å². The van der Waals surface area contributed by atoms with Crippen molar-refractivity contribution in [1.82, 2.24) is 0 Å². The van der Waals surface area contributed by atoms with Gasteiger partial charge in [0, 0.05) is 27.7 Å². The molecule has 0 N–H and O–H groups in total. The van der Waals surface area contributed by atoms with E-state index in [4.69, 9.17) is 0 Å². The maximum Gasteiger partial charge on any atom is 0 e. The van der Waals surface area contributed by atoms with Crippen LogP contribution in [0.5, 0.6) is 0 Å². The summed E-state index contributed by atoms with van der Waals surface area (Å²) in [6.45, 7) is 4.25. The minimum atomic E-state index is 0. The van der Waals surface area contributed by atoms with E-state index in [1.165, 1.54) is 6.42 Å². The average molecular weight is 279 g/mol. The van der Waals surface area contributed by atoms with Gasteiger partial charge in [0.05, 0.1) is 0 Å². The van der Waals surface area contributed by atoms with Gasteiger partial charge in [0.1, 0.15) is 0 Å². The van der Waals surface area contributed by atoms with E-state index in [0.717, 1.165) is 0 Å². The zero-order chi connectivity index (χ0) is 2.71. The van der Waals surface area contributed by atoms with E-state index in [1.807, 2.05) is 0 Å². The normalized spacial score (nSPS) is 3.60. The van der Waals surface area contributed by atoms with Crippen LogP contribution in [0.3, 0.4) is 0 Å². The molecule has 0 aromatic rings. The molecule has 0 aromatic carbocycles. The summed E-state index contributed by atoms with van der Waals surface area (Å²) in [6.07, 6.45) is 1.25. The monoisotopic (exact) mass is 280 g/mol. The van der Waals surface area contributed by atoms with Gasteiger partial charge in [-0.05, 0) is 0 Å². The minimum absolute atomic E-state index is 0. The first-order chi connectivity index (χ1) is 1.41. The largest absolute Gasteiger partial charge is 0.197 e. The number of hydrogen-bond acceptors (Lipinski definition) is 0. The molecule has 30 valence electrons. The first-order valence-electron chi connectivity index (χ1n) is 1.41. The Morgan fingerprint density at radius 3 is 1.20 bits per heavy atom. The summed E-state index contributed by atoms with van der Waals surface area (Å²) in [6, 6.07) is 0. The van der Waals surface area contributed by atoms with Crippen molar-refractivity contribution in [3.05, 3.63) is 0 Å². The SMILES string of the molecule is CCC.S.[Hg]. The van der Waals surface area contributed by atoms with Crippen molar-refractivity contribution in [2.75, 3.05) is 0 Å². The van der Waals surface area contributed by atoms with Gasteiger partial charge in [-0.25, -0.2) is 0 Å². The van der Waals surface area contributed by atoms with Crippen molar-refractivity contribution in [3.63, 3.8) is 0 Å². The number of hydrogen-bond donors (Lipinski definition) is 0. The quantitative estimate of drug-likeness (QED) is 0.590. The second-order valence-corrected chi connectivity index (χ2v) is 0.707. The molecule has 0 amide bonds. The second kappa shape index (κ2) is 18.6. The molecule has 0 aliphatic carbocycles. The summed E-state index contributed by atoms with van der Waals surface area (Å²) < 4.78 is 0. The Bertz CT molecular complexity index is 6.85. The third-order valence-electron chi connectivity index (χ3n) is 0. The van der Waals surface area contributed by atoms with Gasteiger partial charge in [-0.1, -0.05) is 20.3 Å². The maximum atomic E-state index is 2.12. The Balaban J connectivity index is -0.0000000200. The van der Waals surface area contributed by atoms with Gasteiger partial charge in [0.15, 0.2) is 0 Å². The molecular formula is C3H10HgS. The van der Waals surface area contributed by atoms with Gasteiger partial charge in [0.2, 0.25) is 0 Å². The van der Waals surface area contributed by atoms with Gasteiger partial charge in [-0.15, -0.1) is 0 Å². The summed E-state index contributed by atoms with van der Waals surface area (Å²) in [5.41, 5.74) is 0. The Kier molecular flexibility index (Phi) is 60.5. The summed E-state index contributed by atoms with van der Waals surface area (Å²) in [5.74, 6) is 0. The fraction of sp³-hybridized carbons (Fsp3) is 1.00. The van der Waals surface area contributed by atoms with E-state index in [-0.39, 0.29) is 41.2 Å². The van der Waals surface area contributed by atoms with Gasteiger partial charge >= 0.3 is 0 Å². The second-order valence-electron chi connectivity index (χ2n) is 0.707. The zero-order valence-electron chi connectivity index (χ0n) is 3.91. The molecule has 0 atom stereocenters. The molecule has 0 unspecified atom stereocenters. The first kappa shape index (κ1) is 16.3. The topological polar surface area (TPSA) is 0 Å². The van der Waals surface area contributed by atoms with Gasteiger partial charge in [-0.3, -0.25) is 0 Å². The van der Waals surface area contributed by atoms with Crippen molar-refractivity contribution in [3.8, 4) is 0 Å². The fourth-order valence-corrected chi connectivity index (χ4v) is 0. The van der Waals surface area contributed by atoms with E-state index in [1.54, 1.807) is 0 Å². The van der Waals surface area contributed by atoms with Crippen molar-refractivity contribution >= 4 is 13.5 Å². The summed E-state index contributed by atoms with van der Waals surface area (Å²) in [5, 5.41) is 0. The Hall–Kier alpha value is 1.29. The van der Waals surface area contributed by atoms with Crippen LogP contribution in [0, 0.1) is 0 Å². The molecule has 0 aliphatic heterocycles. The molecule has 0 nitrogen and oxygen atoms in total. The van der Waals surface area contributed by atoms with E-state index in [0.29, 0.717) is 0 Å². The van der Waals surface area contributed by atoms with E-state index in [9.17, 15) is 0 Å². The van der Waals surface area contributed by atoms with Gasteiger partial charge < -0.3 is 0 Å². The van der Waals surface area contributed by atoms with Crippen LogP contribution < -0.4 is 0 Å². The van der Waals surface area contributed by atoms with Gasteiger partial charge in [0.25, 0.3) is 0 Å². The summed E-state index contributed by atoms with van der Waals surface area (Å²) in [4.78, 5) is 0.